The van der Waals surface area contributed by atoms with Crippen molar-refractivity contribution < 1.29 is 0 Å². The molecule has 2 N–H and O–H groups in total. The maximum atomic E-state index is 6.13. The molecule has 3 nitrogen and oxygen atoms in total. The third-order valence-corrected chi connectivity index (χ3v) is 3.41. The second-order valence-electron chi connectivity index (χ2n) is 4.42. The molecule has 0 radical (unpaired) electrons. The lowest BCUT2D eigenvalue weighted by atomic mass is 10.0. The van der Waals surface area contributed by atoms with E-state index in [2.05, 4.69) is 44.0 Å². The molecule has 0 spiro atoms. The molecule has 2 aromatic rings. The molecule has 1 aromatic carbocycles. The summed E-state index contributed by atoms with van der Waals surface area (Å²) >= 11 is 0. The summed E-state index contributed by atoms with van der Waals surface area (Å²) in [6.07, 6.45) is 0.894. The summed E-state index contributed by atoms with van der Waals surface area (Å²) in [4.78, 5) is 4.64. The highest BCUT2D eigenvalue weighted by Gasteiger charge is 2.14. The van der Waals surface area contributed by atoms with Crippen LogP contribution in [0.1, 0.15) is 23.9 Å². The molecule has 0 aliphatic carbocycles. The van der Waals surface area contributed by atoms with Crippen molar-refractivity contribution in [3.05, 3.63) is 35.2 Å². The Kier molecular flexibility index (Phi) is 2.92. The van der Waals surface area contributed by atoms with Crippen LogP contribution in [0.15, 0.2) is 18.2 Å². The number of rotatable bonds is 2. The number of nitrogen functional groups attached to an aromatic ring is 1. The molecule has 0 amide bonds. The van der Waals surface area contributed by atoms with Gasteiger partial charge in [-0.2, -0.15) is 0 Å². The normalized spacial score (nSPS) is 10.8. The Bertz CT molecular complexity index is 553. The van der Waals surface area contributed by atoms with E-state index in [9.17, 15) is 0 Å². The van der Waals surface area contributed by atoms with E-state index in [-0.39, 0.29) is 0 Å². The van der Waals surface area contributed by atoms with Crippen molar-refractivity contribution in [2.45, 2.75) is 27.2 Å². The Morgan fingerprint density at radius 1 is 1.29 bits per heavy atom. The Hall–Kier alpha value is -1.77. The molecule has 90 valence electrons. The van der Waals surface area contributed by atoms with Gasteiger partial charge in [-0.15, -0.1) is 0 Å². The number of hydrogen-bond acceptors (Lipinski definition) is 2. The molecule has 3 heteroatoms. The molecule has 0 saturated heterocycles. The van der Waals surface area contributed by atoms with Crippen LogP contribution in [0.3, 0.4) is 0 Å². The Labute approximate surface area is 102 Å². The predicted octanol–water partition coefficient (Wildman–Crippen LogP) is 2.85. The third kappa shape index (κ3) is 1.82. The van der Waals surface area contributed by atoms with Gasteiger partial charge in [0.15, 0.2) is 0 Å². The lowest BCUT2D eigenvalue weighted by molar-refractivity contribution is 0.816. The number of aryl methyl sites for hydroxylation is 2. The van der Waals surface area contributed by atoms with E-state index in [4.69, 9.17) is 5.73 Å². The summed E-state index contributed by atoms with van der Waals surface area (Å²) in [5.41, 5.74) is 10.7. The van der Waals surface area contributed by atoms with Crippen LogP contribution < -0.4 is 5.73 Å². The van der Waals surface area contributed by atoms with Gasteiger partial charge < -0.3 is 10.3 Å². The van der Waals surface area contributed by atoms with Crippen LogP contribution in [-0.2, 0) is 13.5 Å². The minimum Gasteiger partial charge on any atom is -0.383 e. The summed E-state index contributed by atoms with van der Waals surface area (Å²) in [5.74, 6) is 1.77. The molecule has 0 fully saturated rings. The number of benzene rings is 1. The highest BCUT2D eigenvalue weighted by molar-refractivity contribution is 5.74. The van der Waals surface area contributed by atoms with Gasteiger partial charge in [0.05, 0.1) is 0 Å². The van der Waals surface area contributed by atoms with E-state index >= 15 is 0 Å². The minimum atomic E-state index is 0.746. The number of hydrogen-bond donors (Lipinski definition) is 1. The molecular formula is C14H19N3. The smallest absolute Gasteiger partial charge is 0.131 e. The molecule has 1 heterocycles. The van der Waals surface area contributed by atoms with Gasteiger partial charge in [0, 0.05) is 19.0 Å². The molecule has 0 aliphatic heterocycles. The second-order valence-corrected chi connectivity index (χ2v) is 4.42. The molecule has 0 bridgehead atoms. The fourth-order valence-electron chi connectivity index (χ4n) is 2.08. The van der Waals surface area contributed by atoms with E-state index in [1.165, 1.54) is 11.1 Å². The maximum Gasteiger partial charge on any atom is 0.131 e. The topological polar surface area (TPSA) is 43.8 Å². The largest absolute Gasteiger partial charge is 0.383 e. The third-order valence-electron chi connectivity index (χ3n) is 3.41. The molecule has 1 aromatic heterocycles. The summed E-state index contributed by atoms with van der Waals surface area (Å²) < 4.78 is 1.97. The molecule has 0 atom stereocenters. The van der Waals surface area contributed by atoms with Gasteiger partial charge in [-0.25, -0.2) is 4.98 Å². The summed E-state index contributed by atoms with van der Waals surface area (Å²) in [5, 5.41) is 0. The second kappa shape index (κ2) is 4.24. The van der Waals surface area contributed by atoms with Gasteiger partial charge >= 0.3 is 0 Å². The molecule has 0 aliphatic rings. The zero-order chi connectivity index (χ0) is 12.6. The lowest BCUT2D eigenvalue weighted by Crippen LogP contribution is -2.00. The molecule has 17 heavy (non-hydrogen) atoms. The van der Waals surface area contributed by atoms with E-state index in [1.54, 1.807) is 0 Å². The van der Waals surface area contributed by atoms with Crippen molar-refractivity contribution >= 4 is 5.82 Å². The monoisotopic (exact) mass is 229 g/mol. The lowest BCUT2D eigenvalue weighted by Gasteiger charge is -2.07. The van der Waals surface area contributed by atoms with Gasteiger partial charge in [-0.05, 0) is 25.0 Å². The number of imidazole rings is 1. The van der Waals surface area contributed by atoms with Crippen LogP contribution in [0.5, 0.6) is 0 Å². The number of nitrogens with zero attached hydrogens (tertiary/aromatic N) is 2. The maximum absolute atomic E-state index is 6.13. The average Bonchev–Trinajstić information content (AvgIpc) is 2.60. The highest BCUT2D eigenvalue weighted by atomic mass is 15.1. The number of aromatic nitrogens is 2. The summed E-state index contributed by atoms with van der Waals surface area (Å²) in [6.45, 7) is 6.32. The summed E-state index contributed by atoms with van der Waals surface area (Å²) in [6, 6.07) is 6.25. The van der Waals surface area contributed by atoms with Gasteiger partial charge in [0.2, 0.25) is 0 Å². The zero-order valence-electron chi connectivity index (χ0n) is 10.9. The molecule has 0 saturated carbocycles. The minimum absolute atomic E-state index is 0.746. The van der Waals surface area contributed by atoms with Crippen molar-refractivity contribution in [1.29, 1.82) is 0 Å². The highest BCUT2D eigenvalue weighted by Crippen LogP contribution is 2.29. The van der Waals surface area contributed by atoms with E-state index in [0.29, 0.717) is 0 Å². The van der Waals surface area contributed by atoms with Crippen LogP contribution in [0, 0.1) is 13.8 Å². The van der Waals surface area contributed by atoms with E-state index in [0.717, 1.165) is 29.3 Å². The van der Waals surface area contributed by atoms with E-state index < -0.39 is 0 Å². The standard InChI is InChI=1S/C14H19N3/c1-5-12-16-13(14(15)17(12)4)11-8-6-7-9(2)10(11)3/h6-8H,5,15H2,1-4H3. The first-order chi connectivity index (χ1) is 8.06. The van der Waals surface area contributed by atoms with Crippen molar-refractivity contribution in [1.82, 2.24) is 9.55 Å². The number of anilines is 1. The molecule has 0 unspecified atom stereocenters. The quantitative estimate of drug-likeness (QED) is 0.860. The first kappa shape index (κ1) is 11.7. The van der Waals surface area contributed by atoms with Crippen molar-refractivity contribution in [2.75, 3.05) is 5.73 Å². The van der Waals surface area contributed by atoms with Gasteiger partial charge in [-0.3, -0.25) is 0 Å². The first-order valence-corrected chi connectivity index (χ1v) is 5.93. The van der Waals surface area contributed by atoms with Gasteiger partial charge in [-0.1, -0.05) is 25.1 Å². The van der Waals surface area contributed by atoms with Crippen LogP contribution in [0.4, 0.5) is 5.82 Å². The van der Waals surface area contributed by atoms with Crippen molar-refractivity contribution in [3.63, 3.8) is 0 Å². The van der Waals surface area contributed by atoms with Crippen molar-refractivity contribution in [3.8, 4) is 11.3 Å². The van der Waals surface area contributed by atoms with Crippen LogP contribution >= 0.6 is 0 Å². The molecule has 2 rings (SSSR count). The van der Waals surface area contributed by atoms with Crippen LogP contribution in [-0.4, -0.2) is 9.55 Å². The summed E-state index contributed by atoms with van der Waals surface area (Å²) in [7, 11) is 1.97. The Balaban J connectivity index is 2.65. The fraction of sp³-hybridized carbons (Fsp3) is 0.357. The molecular weight excluding hydrogens is 210 g/mol. The van der Waals surface area contributed by atoms with Crippen LogP contribution in [0.25, 0.3) is 11.3 Å². The predicted molar refractivity (Wildman–Crippen MR) is 71.9 cm³/mol. The average molecular weight is 229 g/mol. The van der Waals surface area contributed by atoms with Gasteiger partial charge in [0.25, 0.3) is 0 Å². The van der Waals surface area contributed by atoms with Crippen molar-refractivity contribution in [2.24, 2.45) is 7.05 Å². The number of nitrogens with two attached hydrogens (primary N) is 1. The zero-order valence-corrected chi connectivity index (χ0v) is 10.9. The Morgan fingerprint density at radius 3 is 2.59 bits per heavy atom. The van der Waals surface area contributed by atoms with Gasteiger partial charge in [0.1, 0.15) is 17.3 Å². The van der Waals surface area contributed by atoms with Crippen LogP contribution in [0.2, 0.25) is 0 Å². The Morgan fingerprint density at radius 2 is 2.00 bits per heavy atom. The SMILES string of the molecule is CCc1nc(-c2cccc(C)c2C)c(N)n1C. The van der Waals surface area contributed by atoms with E-state index in [1.807, 2.05) is 11.6 Å². The fourth-order valence-corrected chi connectivity index (χ4v) is 2.08. The first-order valence-electron chi connectivity index (χ1n) is 5.93.